The number of aliphatic hydroxyl groups excluding tert-OH is 1. The molecule has 0 bridgehead atoms. The van der Waals surface area contributed by atoms with Crippen LogP contribution in [0.1, 0.15) is 15.9 Å². The maximum Gasteiger partial charge on any atom is 0.261 e. The van der Waals surface area contributed by atoms with E-state index >= 15 is 0 Å². The summed E-state index contributed by atoms with van der Waals surface area (Å²) in [6, 6.07) is 9.53. The number of hydrogen-bond donors (Lipinski definition) is 2. The zero-order valence-corrected chi connectivity index (χ0v) is 9.86. The Hall–Kier alpha value is -2.27. The van der Waals surface area contributed by atoms with Crippen molar-refractivity contribution in [1.82, 2.24) is 0 Å². The fraction of sp³-hybridized carbons (Fsp3) is 0.0714. The van der Waals surface area contributed by atoms with Crippen LogP contribution in [0.2, 0.25) is 0 Å². The summed E-state index contributed by atoms with van der Waals surface area (Å²) in [6.45, 7) is -0.115. The summed E-state index contributed by atoms with van der Waals surface area (Å²) in [7, 11) is 0. The van der Waals surface area contributed by atoms with Crippen LogP contribution in [0, 0.1) is 11.6 Å². The number of rotatable bonds is 3. The summed E-state index contributed by atoms with van der Waals surface area (Å²) in [5, 5.41) is 11.3. The number of carbonyl (C=O) groups excluding carboxylic acids is 1. The average molecular weight is 263 g/mol. The Labute approximate surface area is 108 Å². The Balaban J connectivity index is 2.21. The van der Waals surface area contributed by atoms with Gasteiger partial charge in [0.2, 0.25) is 0 Å². The van der Waals surface area contributed by atoms with E-state index in [-0.39, 0.29) is 6.61 Å². The fourth-order valence-electron chi connectivity index (χ4n) is 1.60. The van der Waals surface area contributed by atoms with Crippen LogP contribution in [0.3, 0.4) is 0 Å². The highest BCUT2D eigenvalue weighted by molar-refractivity contribution is 6.04. The van der Waals surface area contributed by atoms with Crippen molar-refractivity contribution in [3.8, 4) is 0 Å². The molecule has 1 amide bonds. The third-order valence-electron chi connectivity index (χ3n) is 2.58. The maximum absolute atomic E-state index is 13.4. The summed E-state index contributed by atoms with van der Waals surface area (Å²) in [6.07, 6.45) is 0. The molecule has 2 N–H and O–H groups in total. The molecular weight excluding hydrogens is 252 g/mol. The molecule has 2 aromatic carbocycles. The molecule has 5 heteroatoms. The first-order valence-electron chi connectivity index (χ1n) is 5.57. The molecule has 0 saturated carbocycles. The number of benzene rings is 2. The quantitative estimate of drug-likeness (QED) is 0.894. The fourth-order valence-corrected chi connectivity index (χ4v) is 1.60. The second kappa shape index (κ2) is 5.58. The Morgan fingerprint density at radius 2 is 1.63 bits per heavy atom. The van der Waals surface area contributed by atoms with E-state index in [1.807, 2.05) is 0 Å². The molecular formula is C14H11F2NO2. The monoisotopic (exact) mass is 263 g/mol. The predicted octanol–water partition coefficient (Wildman–Crippen LogP) is 2.71. The normalized spacial score (nSPS) is 10.3. The van der Waals surface area contributed by atoms with Gasteiger partial charge in [0.1, 0.15) is 17.2 Å². The maximum atomic E-state index is 13.4. The number of halogens is 2. The van der Waals surface area contributed by atoms with Crippen LogP contribution in [0.15, 0.2) is 42.5 Å². The molecule has 0 fully saturated rings. The molecule has 0 saturated heterocycles. The van der Waals surface area contributed by atoms with E-state index in [1.165, 1.54) is 6.07 Å². The molecule has 0 aliphatic heterocycles. The van der Waals surface area contributed by atoms with E-state index in [1.54, 1.807) is 24.3 Å². The topological polar surface area (TPSA) is 49.3 Å². The van der Waals surface area contributed by atoms with Crippen molar-refractivity contribution in [2.75, 3.05) is 5.32 Å². The molecule has 0 heterocycles. The lowest BCUT2D eigenvalue weighted by molar-refractivity contribution is 0.101. The van der Waals surface area contributed by atoms with Crippen LogP contribution in [0.4, 0.5) is 14.5 Å². The number of nitrogens with one attached hydrogen (secondary N) is 1. The van der Waals surface area contributed by atoms with Gasteiger partial charge in [0.05, 0.1) is 6.61 Å². The van der Waals surface area contributed by atoms with Crippen LogP contribution < -0.4 is 5.32 Å². The largest absolute Gasteiger partial charge is 0.392 e. The number of amides is 1. The van der Waals surface area contributed by atoms with Crippen molar-refractivity contribution >= 4 is 11.6 Å². The van der Waals surface area contributed by atoms with Gasteiger partial charge in [-0.1, -0.05) is 18.2 Å². The van der Waals surface area contributed by atoms with E-state index in [0.29, 0.717) is 11.3 Å². The lowest BCUT2D eigenvalue weighted by Crippen LogP contribution is -2.15. The average Bonchev–Trinajstić information content (AvgIpc) is 2.39. The molecule has 98 valence electrons. The highest BCUT2D eigenvalue weighted by Crippen LogP contribution is 2.15. The lowest BCUT2D eigenvalue weighted by Gasteiger charge is -2.07. The lowest BCUT2D eigenvalue weighted by atomic mass is 10.1. The van der Waals surface area contributed by atoms with Crippen LogP contribution in [-0.2, 0) is 6.61 Å². The second-order valence-corrected chi connectivity index (χ2v) is 3.91. The Kier molecular flexibility index (Phi) is 3.87. The number of hydrogen-bond acceptors (Lipinski definition) is 2. The van der Waals surface area contributed by atoms with Crippen molar-refractivity contribution in [3.05, 3.63) is 65.2 Å². The summed E-state index contributed by atoms with van der Waals surface area (Å²) < 4.78 is 26.8. The van der Waals surface area contributed by atoms with Crippen molar-refractivity contribution < 1.29 is 18.7 Å². The summed E-state index contributed by atoms with van der Waals surface area (Å²) in [5.74, 6) is -2.68. The van der Waals surface area contributed by atoms with Gasteiger partial charge in [-0.25, -0.2) is 8.78 Å². The number of carbonyl (C=O) groups is 1. The minimum absolute atomic E-state index is 0.115. The van der Waals surface area contributed by atoms with Gasteiger partial charge in [-0.3, -0.25) is 4.79 Å². The van der Waals surface area contributed by atoms with Crippen molar-refractivity contribution in [2.24, 2.45) is 0 Å². The molecule has 0 unspecified atom stereocenters. The van der Waals surface area contributed by atoms with Crippen molar-refractivity contribution in [3.63, 3.8) is 0 Å². The third-order valence-corrected chi connectivity index (χ3v) is 2.58. The van der Waals surface area contributed by atoms with Gasteiger partial charge in [0.25, 0.3) is 5.91 Å². The molecule has 0 radical (unpaired) electrons. The molecule has 2 aromatic rings. The van der Waals surface area contributed by atoms with Gasteiger partial charge in [-0.2, -0.15) is 0 Å². The minimum Gasteiger partial charge on any atom is -0.392 e. The Morgan fingerprint density at radius 1 is 1.05 bits per heavy atom. The first kappa shape index (κ1) is 13.2. The molecule has 19 heavy (non-hydrogen) atoms. The van der Waals surface area contributed by atoms with Crippen molar-refractivity contribution in [1.29, 1.82) is 0 Å². The summed E-state index contributed by atoms with van der Waals surface area (Å²) in [4.78, 5) is 11.8. The molecule has 2 rings (SSSR count). The van der Waals surface area contributed by atoms with Crippen molar-refractivity contribution in [2.45, 2.75) is 6.61 Å². The van der Waals surface area contributed by atoms with E-state index < -0.39 is 23.1 Å². The summed E-state index contributed by atoms with van der Waals surface area (Å²) >= 11 is 0. The first-order valence-corrected chi connectivity index (χ1v) is 5.57. The predicted molar refractivity (Wildman–Crippen MR) is 66.7 cm³/mol. The van der Waals surface area contributed by atoms with Crippen LogP contribution in [0.25, 0.3) is 0 Å². The molecule has 0 aliphatic carbocycles. The smallest absolute Gasteiger partial charge is 0.261 e. The van der Waals surface area contributed by atoms with E-state index in [9.17, 15) is 13.6 Å². The molecule has 0 spiro atoms. The van der Waals surface area contributed by atoms with Gasteiger partial charge < -0.3 is 10.4 Å². The van der Waals surface area contributed by atoms with Crippen LogP contribution in [-0.4, -0.2) is 11.0 Å². The van der Waals surface area contributed by atoms with Crippen LogP contribution >= 0.6 is 0 Å². The van der Waals surface area contributed by atoms with E-state index in [2.05, 4.69) is 5.32 Å². The zero-order valence-electron chi connectivity index (χ0n) is 9.86. The highest BCUT2D eigenvalue weighted by Gasteiger charge is 2.16. The molecule has 0 aliphatic rings. The zero-order chi connectivity index (χ0) is 13.8. The van der Waals surface area contributed by atoms with Gasteiger partial charge in [0, 0.05) is 5.69 Å². The first-order chi connectivity index (χ1) is 9.11. The van der Waals surface area contributed by atoms with E-state index in [4.69, 9.17) is 5.11 Å². The second-order valence-electron chi connectivity index (χ2n) is 3.91. The minimum atomic E-state index is -0.913. The standard InChI is InChI=1S/C14H11F2NO2/c15-11-2-1-3-12(16)13(11)14(19)17-10-6-4-9(8-18)5-7-10/h1-7,18H,8H2,(H,17,19). The van der Waals surface area contributed by atoms with Gasteiger partial charge >= 0.3 is 0 Å². The summed E-state index contributed by atoms with van der Waals surface area (Å²) in [5.41, 5.74) is 0.452. The molecule has 0 atom stereocenters. The van der Waals surface area contributed by atoms with Crippen LogP contribution in [0.5, 0.6) is 0 Å². The Morgan fingerprint density at radius 3 is 2.16 bits per heavy atom. The number of aliphatic hydroxyl groups is 1. The highest BCUT2D eigenvalue weighted by atomic mass is 19.1. The molecule has 0 aromatic heterocycles. The van der Waals surface area contributed by atoms with Gasteiger partial charge in [-0.15, -0.1) is 0 Å². The van der Waals surface area contributed by atoms with E-state index in [0.717, 1.165) is 12.1 Å². The van der Waals surface area contributed by atoms with Gasteiger partial charge in [0.15, 0.2) is 0 Å². The third kappa shape index (κ3) is 2.95. The molecule has 3 nitrogen and oxygen atoms in total. The Bertz CT molecular complexity index is 577. The SMILES string of the molecule is O=C(Nc1ccc(CO)cc1)c1c(F)cccc1F. The number of anilines is 1. The van der Waals surface area contributed by atoms with Gasteiger partial charge in [-0.05, 0) is 29.8 Å².